The van der Waals surface area contributed by atoms with Crippen molar-refractivity contribution in [1.29, 1.82) is 0 Å². The van der Waals surface area contributed by atoms with Gasteiger partial charge in [0, 0.05) is 19.8 Å². The van der Waals surface area contributed by atoms with E-state index < -0.39 is 0 Å². The van der Waals surface area contributed by atoms with Gasteiger partial charge in [0.05, 0.1) is 0 Å². The highest BCUT2D eigenvalue weighted by Gasteiger charge is 2.16. The summed E-state index contributed by atoms with van der Waals surface area (Å²) < 4.78 is 5.04. The highest BCUT2D eigenvalue weighted by molar-refractivity contribution is 4.73. The van der Waals surface area contributed by atoms with E-state index in [1.807, 2.05) is 7.05 Å². The fourth-order valence-electron chi connectivity index (χ4n) is 1.56. The molecule has 0 aromatic carbocycles. The third kappa shape index (κ3) is 8.26. The van der Waals surface area contributed by atoms with Crippen LogP contribution in [0.25, 0.3) is 0 Å². The maximum Gasteiger partial charge on any atom is 0.0462 e. The van der Waals surface area contributed by atoms with E-state index in [1.165, 1.54) is 12.8 Å². The van der Waals surface area contributed by atoms with E-state index in [0.29, 0.717) is 11.5 Å². The maximum absolute atomic E-state index is 5.04. The molecule has 0 aliphatic rings. The van der Waals surface area contributed by atoms with Crippen LogP contribution >= 0.6 is 0 Å². The minimum atomic E-state index is 0.417. The molecule has 1 atom stereocenters. The Hall–Kier alpha value is -0.0800. The van der Waals surface area contributed by atoms with Crippen molar-refractivity contribution >= 4 is 0 Å². The summed E-state index contributed by atoms with van der Waals surface area (Å²) in [4.78, 5) is 0. The Labute approximate surface area is 83.1 Å². The van der Waals surface area contributed by atoms with Crippen molar-refractivity contribution in [3.63, 3.8) is 0 Å². The number of rotatable bonds is 6. The van der Waals surface area contributed by atoms with Crippen LogP contribution in [0, 0.1) is 5.41 Å². The quantitative estimate of drug-likeness (QED) is 0.645. The molecule has 0 aromatic heterocycles. The largest absolute Gasteiger partial charge is 0.385 e. The predicted octanol–water partition coefficient (Wildman–Crippen LogP) is 2.44. The fraction of sp³-hybridized carbons (Fsp3) is 1.00. The van der Waals surface area contributed by atoms with E-state index >= 15 is 0 Å². The molecule has 0 spiro atoms. The summed E-state index contributed by atoms with van der Waals surface area (Å²) >= 11 is 0. The first-order valence-electron chi connectivity index (χ1n) is 5.16. The van der Waals surface area contributed by atoms with Crippen molar-refractivity contribution in [3.8, 4) is 0 Å². The standard InChI is InChI=1S/C11H25NO/c1-11(2,3)9-10(12-4)7-6-8-13-5/h10,12H,6-9H2,1-5H3. The van der Waals surface area contributed by atoms with Crippen LogP contribution in [0.2, 0.25) is 0 Å². The van der Waals surface area contributed by atoms with E-state index in [4.69, 9.17) is 4.74 Å². The minimum Gasteiger partial charge on any atom is -0.385 e. The van der Waals surface area contributed by atoms with Crippen LogP contribution in [-0.4, -0.2) is 26.8 Å². The lowest BCUT2D eigenvalue weighted by atomic mass is 9.86. The molecule has 0 bridgehead atoms. The summed E-state index contributed by atoms with van der Waals surface area (Å²) in [5, 5.41) is 3.36. The Balaban J connectivity index is 3.63. The first-order valence-corrected chi connectivity index (χ1v) is 5.16. The Morgan fingerprint density at radius 1 is 1.31 bits per heavy atom. The average molecular weight is 187 g/mol. The van der Waals surface area contributed by atoms with Gasteiger partial charge < -0.3 is 10.1 Å². The highest BCUT2D eigenvalue weighted by atomic mass is 16.5. The molecule has 0 aliphatic carbocycles. The SMILES string of the molecule is CNC(CCCOC)CC(C)(C)C. The number of nitrogens with one attached hydrogen (secondary N) is 1. The summed E-state index contributed by atoms with van der Waals surface area (Å²) in [6, 6.07) is 0.634. The van der Waals surface area contributed by atoms with Crippen LogP contribution < -0.4 is 5.32 Å². The summed E-state index contributed by atoms with van der Waals surface area (Å²) in [5.74, 6) is 0. The molecule has 13 heavy (non-hydrogen) atoms. The van der Waals surface area contributed by atoms with Crippen LogP contribution in [0.5, 0.6) is 0 Å². The number of ether oxygens (including phenoxy) is 1. The third-order valence-corrected chi connectivity index (χ3v) is 2.17. The molecule has 0 radical (unpaired) electrons. The fourth-order valence-corrected chi connectivity index (χ4v) is 1.56. The first kappa shape index (κ1) is 12.9. The van der Waals surface area contributed by atoms with Crippen molar-refractivity contribution in [1.82, 2.24) is 5.32 Å². The monoisotopic (exact) mass is 187 g/mol. The molecule has 2 heteroatoms. The smallest absolute Gasteiger partial charge is 0.0462 e. The second-order valence-electron chi connectivity index (χ2n) is 4.89. The van der Waals surface area contributed by atoms with E-state index in [-0.39, 0.29) is 0 Å². The van der Waals surface area contributed by atoms with Gasteiger partial charge in [0.2, 0.25) is 0 Å². The molecule has 0 fully saturated rings. The molecule has 0 aliphatic heterocycles. The van der Waals surface area contributed by atoms with Gasteiger partial charge in [0.1, 0.15) is 0 Å². The third-order valence-electron chi connectivity index (χ3n) is 2.17. The first-order chi connectivity index (χ1) is 5.99. The summed E-state index contributed by atoms with van der Waals surface area (Å²) in [7, 11) is 3.81. The molecule has 1 N–H and O–H groups in total. The van der Waals surface area contributed by atoms with E-state index in [0.717, 1.165) is 13.0 Å². The van der Waals surface area contributed by atoms with Crippen molar-refractivity contribution in [2.75, 3.05) is 20.8 Å². The molecule has 0 heterocycles. The lowest BCUT2D eigenvalue weighted by molar-refractivity contribution is 0.184. The molecule has 0 amide bonds. The lowest BCUT2D eigenvalue weighted by Crippen LogP contribution is -2.30. The van der Waals surface area contributed by atoms with Gasteiger partial charge in [0.15, 0.2) is 0 Å². The van der Waals surface area contributed by atoms with Crippen LogP contribution in [0.1, 0.15) is 40.0 Å². The Morgan fingerprint density at radius 2 is 1.92 bits per heavy atom. The van der Waals surface area contributed by atoms with Crippen molar-refractivity contribution in [2.45, 2.75) is 46.1 Å². The normalized spacial score (nSPS) is 14.5. The van der Waals surface area contributed by atoms with Gasteiger partial charge >= 0.3 is 0 Å². The highest BCUT2D eigenvalue weighted by Crippen LogP contribution is 2.22. The number of methoxy groups -OCH3 is 1. The molecule has 0 rings (SSSR count). The second kappa shape index (κ2) is 6.39. The van der Waals surface area contributed by atoms with Crippen LogP contribution in [0.3, 0.4) is 0 Å². The summed E-state index contributed by atoms with van der Waals surface area (Å²) in [6.07, 6.45) is 3.59. The topological polar surface area (TPSA) is 21.3 Å². The molecular weight excluding hydrogens is 162 g/mol. The Bertz CT molecular complexity index is 118. The maximum atomic E-state index is 5.04. The number of hydrogen-bond donors (Lipinski definition) is 1. The Morgan fingerprint density at radius 3 is 2.31 bits per heavy atom. The van der Waals surface area contributed by atoms with Crippen LogP contribution in [0.4, 0.5) is 0 Å². The van der Waals surface area contributed by atoms with Gasteiger partial charge in [-0.15, -0.1) is 0 Å². The van der Waals surface area contributed by atoms with Gasteiger partial charge in [-0.05, 0) is 31.7 Å². The predicted molar refractivity (Wildman–Crippen MR) is 58.0 cm³/mol. The zero-order valence-electron chi connectivity index (χ0n) is 9.81. The molecular formula is C11H25NO. The van der Waals surface area contributed by atoms with Crippen molar-refractivity contribution in [3.05, 3.63) is 0 Å². The summed E-state index contributed by atoms with van der Waals surface area (Å²) in [6.45, 7) is 7.73. The van der Waals surface area contributed by atoms with Gasteiger partial charge in [0.25, 0.3) is 0 Å². The van der Waals surface area contributed by atoms with Gasteiger partial charge in [-0.1, -0.05) is 20.8 Å². The molecule has 80 valence electrons. The average Bonchev–Trinajstić information content (AvgIpc) is 2.01. The second-order valence-corrected chi connectivity index (χ2v) is 4.89. The van der Waals surface area contributed by atoms with Gasteiger partial charge in [-0.25, -0.2) is 0 Å². The van der Waals surface area contributed by atoms with Crippen LogP contribution in [0.15, 0.2) is 0 Å². The molecule has 2 nitrogen and oxygen atoms in total. The van der Waals surface area contributed by atoms with Gasteiger partial charge in [-0.2, -0.15) is 0 Å². The zero-order valence-corrected chi connectivity index (χ0v) is 9.81. The van der Waals surface area contributed by atoms with Gasteiger partial charge in [-0.3, -0.25) is 0 Å². The zero-order chi connectivity index (χ0) is 10.3. The van der Waals surface area contributed by atoms with E-state index in [9.17, 15) is 0 Å². The van der Waals surface area contributed by atoms with Crippen molar-refractivity contribution in [2.24, 2.45) is 5.41 Å². The molecule has 0 saturated carbocycles. The van der Waals surface area contributed by atoms with Crippen LogP contribution in [-0.2, 0) is 4.74 Å². The minimum absolute atomic E-state index is 0.417. The lowest BCUT2D eigenvalue weighted by Gasteiger charge is -2.25. The van der Waals surface area contributed by atoms with E-state index in [2.05, 4.69) is 26.1 Å². The molecule has 1 unspecified atom stereocenters. The molecule has 0 saturated heterocycles. The van der Waals surface area contributed by atoms with E-state index in [1.54, 1.807) is 7.11 Å². The molecule has 0 aromatic rings. The summed E-state index contributed by atoms with van der Waals surface area (Å²) in [5.41, 5.74) is 0.417. The number of hydrogen-bond acceptors (Lipinski definition) is 2. The van der Waals surface area contributed by atoms with Crippen molar-refractivity contribution < 1.29 is 4.74 Å². The Kier molecular flexibility index (Phi) is 6.35.